The Morgan fingerprint density at radius 2 is 2.00 bits per heavy atom. The minimum Gasteiger partial charge on any atom is -0.434 e. The highest BCUT2D eigenvalue weighted by atomic mass is 16.6. The first-order valence-corrected chi connectivity index (χ1v) is 7.30. The molecule has 0 fully saturated rings. The summed E-state index contributed by atoms with van der Waals surface area (Å²) in [6, 6.07) is 6.83. The average Bonchev–Trinajstić information content (AvgIpc) is 2.70. The molecule has 0 spiro atoms. The first-order valence-electron chi connectivity index (χ1n) is 7.30. The van der Waals surface area contributed by atoms with Crippen molar-refractivity contribution in [3.05, 3.63) is 29.8 Å². The molecular formula is C16H20N2O4. The predicted octanol–water partition coefficient (Wildman–Crippen LogP) is 1.34. The van der Waals surface area contributed by atoms with Crippen LogP contribution in [-0.4, -0.2) is 31.4 Å². The fourth-order valence-electron chi connectivity index (χ4n) is 2.61. The van der Waals surface area contributed by atoms with E-state index in [1.807, 2.05) is 6.92 Å². The number of carbonyl (C=O) groups excluding carboxylic acids is 3. The number of nitrogens with one attached hydrogen (secondary N) is 1. The number of fused-ring (bicyclic) bond motifs is 1. The minimum absolute atomic E-state index is 0.395. The van der Waals surface area contributed by atoms with Gasteiger partial charge in [0, 0.05) is 26.1 Å². The van der Waals surface area contributed by atoms with Crippen molar-refractivity contribution in [3.63, 3.8) is 0 Å². The van der Waals surface area contributed by atoms with Crippen LogP contribution in [0.1, 0.15) is 32.3 Å². The summed E-state index contributed by atoms with van der Waals surface area (Å²) >= 11 is 0. The van der Waals surface area contributed by atoms with E-state index in [-0.39, 0.29) is 0 Å². The Morgan fingerprint density at radius 1 is 1.32 bits per heavy atom. The lowest BCUT2D eigenvalue weighted by atomic mass is 9.93. The number of para-hydroxylation sites is 1. The molecule has 6 nitrogen and oxygen atoms in total. The van der Waals surface area contributed by atoms with Crippen molar-refractivity contribution in [2.45, 2.75) is 32.3 Å². The maximum Gasteiger partial charge on any atom is 0.304 e. The van der Waals surface area contributed by atoms with Crippen LogP contribution < -0.4 is 10.2 Å². The van der Waals surface area contributed by atoms with Crippen molar-refractivity contribution in [1.29, 1.82) is 0 Å². The Bertz CT molecular complexity index is 614. The Hall–Kier alpha value is -2.37. The topological polar surface area (TPSA) is 75.7 Å². The lowest BCUT2D eigenvalue weighted by Crippen LogP contribution is -2.53. The molecule has 1 atom stereocenters. The van der Waals surface area contributed by atoms with Crippen molar-refractivity contribution in [2.24, 2.45) is 0 Å². The number of esters is 1. The zero-order valence-corrected chi connectivity index (χ0v) is 13.0. The molecule has 22 heavy (non-hydrogen) atoms. The van der Waals surface area contributed by atoms with Crippen LogP contribution >= 0.6 is 0 Å². The maximum atomic E-state index is 12.7. The number of carbonyl (C=O) groups is 3. The van der Waals surface area contributed by atoms with Gasteiger partial charge in [0.05, 0.1) is 5.69 Å². The van der Waals surface area contributed by atoms with Crippen molar-refractivity contribution in [2.75, 3.05) is 18.5 Å². The maximum absolute atomic E-state index is 12.7. The van der Waals surface area contributed by atoms with E-state index in [1.54, 1.807) is 31.3 Å². The molecule has 1 aromatic rings. The van der Waals surface area contributed by atoms with Gasteiger partial charge in [0.25, 0.3) is 17.4 Å². The van der Waals surface area contributed by atoms with Gasteiger partial charge in [0.15, 0.2) is 0 Å². The van der Waals surface area contributed by atoms with E-state index in [0.29, 0.717) is 17.8 Å². The first kappa shape index (κ1) is 16.0. The van der Waals surface area contributed by atoms with Crippen LogP contribution in [0.15, 0.2) is 24.3 Å². The molecular weight excluding hydrogens is 284 g/mol. The third-order valence-electron chi connectivity index (χ3n) is 3.68. The number of anilines is 1. The fourth-order valence-corrected chi connectivity index (χ4v) is 2.61. The van der Waals surface area contributed by atoms with Crippen molar-refractivity contribution in [3.8, 4) is 0 Å². The van der Waals surface area contributed by atoms with Crippen LogP contribution in [0.2, 0.25) is 0 Å². The fraction of sp³-hybridized carbons (Fsp3) is 0.438. The van der Waals surface area contributed by atoms with Gasteiger partial charge in [0.2, 0.25) is 0 Å². The second-order valence-electron chi connectivity index (χ2n) is 5.27. The van der Waals surface area contributed by atoms with E-state index in [1.165, 1.54) is 11.8 Å². The predicted molar refractivity (Wildman–Crippen MR) is 81.2 cm³/mol. The Kier molecular flexibility index (Phi) is 4.49. The molecule has 0 saturated heterocycles. The van der Waals surface area contributed by atoms with Crippen molar-refractivity contribution in [1.82, 2.24) is 5.32 Å². The van der Waals surface area contributed by atoms with E-state index in [0.717, 1.165) is 12.8 Å². The molecule has 118 valence electrons. The molecule has 1 N–H and O–H groups in total. The van der Waals surface area contributed by atoms with Gasteiger partial charge in [-0.1, -0.05) is 31.5 Å². The summed E-state index contributed by atoms with van der Waals surface area (Å²) in [5, 5.41) is 2.70. The van der Waals surface area contributed by atoms with E-state index in [9.17, 15) is 14.4 Å². The van der Waals surface area contributed by atoms with E-state index in [4.69, 9.17) is 4.74 Å². The zero-order chi connectivity index (χ0) is 16.3. The van der Waals surface area contributed by atoms with Gasteiger partial charge < -0.3 is 15.0 Å². The third kappa shape index (κ3) is 2.45. The Morgan fingerprint density at radius 3 is 2.64 bits per heavy atom. The molecule has 6 heteroatoms. The molecule has 0 aromatic heterocycles. The summed E-state index contributed by atoms with van der Waals surface area (Å²) in [6.45, 7) is 3.62. The largest absolute Gasteiger partial charge is 0.434 e. The molecule has 2 amide bonds. The Balaban J connectivity index is 2.48. The SMILES string of the molecule is CCCCNC(=O)C1(OC(C)=O)C(=O)N(C)c2ccccc21. The second kappa shape index (κ2) is 6.17. The molecule has 1 unspecified atom stereocenters. The molecule has 1 aliphatic heterocycles. The molecule has 0 bridgehead atoms. The molecule has 1 aliphatic rings. The number of hydrogen-bond donors (Lipinski definition) is 1. The van der Waals surface area contributed by atoms with Gasteiger partial charge in [-0.15, -0.1) is 0 Å². The number of amides is 2. The minimum atomic E-state index is -1.93. The van der Waals surface area contributed by atoms with E-state index < -0.39 is 23.4 Å². The van der Waals surface area contributed by atoms with Crippen LogP contribution in [-0.2, 0) is 24.7 Å². The van der Waals surface area contributed by atoms with Crippen LogP contribution in [0.4, 0.5) is 5.69 Å². The van der Waals surface area contributed by atoms with Crippen LogP contribution in [0, 0.1) is 0 Å². The second-order valence-corrected chi connectivity index (χ2v) is 5.27. The normalized spacial score (nSPS) is 19.8. The number of likely N-dealkylation sites (N-methyl/N-ethyl adjacent to an activating group) is 1. The lowest BCUT2D eigenvalue weighted by Gasteiger charge is -2.26. The summed E-state index contributed by atoms with van der Waals surface area (Å²) in [5.74, 6) is -1.83. The van der Waals surface area contributed by atoms with Gasteiger partial charge in [-0.3, -0.25) is 14.4 Å². The monoisotopic (exact) mass is 304 g/mol. The van der Waals surface area contributed by atoms with Crippen LogP contribution in [0.5, 0.6) is 0 Å². The highest BCUT2D eigenvalue weighted by molar-refractivity contribution is 6.20. The van der Waals surface area contributed by atoms with Gasteiger partial charge in [-0.05, 0) is 12.5 Å². The van der Waals surface area contributed by atoms with E-state index in [2.05, 4.69) is 5.32 Å². The molecule has 2 rings (SSSR count). The zero-order valence-electron chi connectivity index (χ0n) is 13.0. The summed E-state index contributed by atoms with van der Waals surface area (Å²) in [4.78, 5) is 38.2. The van der Waals surface area contributed by atoms with Crippen LogP contribution in [0.25, 0.3) is 0 Å². The molecule has 0 radical (unpaired) electrons. The number of benzene rings is 1. The summed E-state index contributed by atoms with van der Waals surface area (Å²) < 4.78 is 5.26. The summed E-state index contributed by atoms with van der Waals surface area (Å²) in [5.41, 5.74) is -0.962. The number of unbranched alkanes of at least 4 members (excludes halogenated alkanes) is 1. The van der Waals surface area contributed by atoms with Crippen LogP contribution in [0.3, 0.4) is 0 Å². The van der Waals surface area contributed by atoms with Gasteiger partial charge in [0.1, 0.15) is 0 Å². The van der Waals surface area contributed by atoms with Gasteiger partial charge >= 0.3 is 5.97 Å². The average molecular weight is 304 g/mol. The highest BCUT2D eigenvalue weighted by Gasteiger charge is 2.58. The Labute approximate surface area is 129 Å². The van der Waals surface area contributed by atoms with Gasteiger partial charge in [-0.2, -0.15) is 0 Å². The summed E-state index contributed by atoms with van der Waals surface area (Å²) in [7, 11) is 1.56. The van der Waals surface area contributed by atoms with E-state index >= 15 is 0 Å². The standard InChI is InChI=1S/C16H20N2O4/c1-4-5-10-17-14(20)16(22-11(2)19)12-8-6-7-9-13(12)18(3)15(16)21/h6-9H,4-5,10H2,1-3H3,(H,17,20). The molecule has 1 aromatic carbocycles. The molecule has 1 heterocycles. The third-order valence-corrected chi connectivity index (χ3v) is 3.68. The quantitative estimate of drug-likeness (QED) is 0.506. The first-order chi connectivity index (χ1) is 10.4. The lowest BCUT2D eigenvalue weighted by molar-refractivity contribution is -0.172. The number of hydrogen-bond acceptors (Lipinski definition) is 4. The van der Waals surface area contributed by atoms with Crippen molar-refractivity contribution >= 4 is 23.5 Å². The highest BCUT2D eigenvalue weighted by Crippen LogP contribution is 2.42. The number of nitrogens with zero attached hydrogens (tertiary/aromatic N) is 1. The summed E-state index contributed by atoms with van der Waals surface area (Å²) in [6.07, 6.45) is 1.69. The molecule has 0 saturated carbocycles. The number of ether oxygens (including phenoxy) is 1. The van der Waals surface area contributed by atoms with Crippen molar-refractivity contribution < 1.29 is 19.1 Å². The smallest absolute Gasteiger partial charge is 0.304 e. The van der Waals surface area contributed by atoms with Gasteiger partial charge in [-0.25, -0.2) is 0 Å². The molecule has 0 aliphatic carbocycles. The number of rotatable bonds is 5.